The molecule has 2 rings (SSSR count). The van der Waals surface area contributed by atoms with Gasteiger partial charge < -0.3 is 5.32 Å². The van der Waals surface area contributed by atoms with Crippen molar-refractivity contribution in [1.29, 1.82) is 0 Å². The van der Waals surface area contributed by atoms with E-state index in [1.54, 1.807) is 19.2 Å². The fourth-order valence-electron chi connectivity index (χ4n) is 1.57. The van der Waals surface area contributed by atoms with E-state index in [1.165, 1.54) is 23.1 Å². The van der Waals surface area contributed by atoms with Gasteiger partial charge in [-0.25, -0.2) is 13.4 Å². The predicted molar refractivity (Wildman–Crippen MR) is 77.0 cm³/mol. The van der Waals surface area contributed by atoms with Crippen LogP contribution in [0.15, 0.2) is 35.5 Å². The second-order valence-electron chi connectivity index (χ2n) is 4.25. The maximum atomic E-state index is 12.2. The van der Waals surface area contributed by atoms with Crippen molar-refractivity contribution in [3.8, 4) is 0 Å². The smallest absolute Gasteiger partial charge is 0.264 e. The Morgan fingerprint density at radius 2 is 2.10 bits per heavy atom. The molecular formula is C12H17N5O2S. The van der Waals surface area contributed by atoms with E-state index in [0.29, 0.717) is 11.6 Å². The SMILES string of the molecule is CCCNc1ccc(S(=O)(=O)Nc2ccnn2C)cn1. The van der Waals surface area contributed by atoms with Crippen LogP contribution in [0.2, 0.25) is 0 Å². The Balaban J connectivity index is 2.15. The third-order valence-corrected chi connectivity index (χ3v) is 4.00. The van der Waals surface area contributed by atoms with E-state index in [1.807, 2.05) is 6.92 Å². The van der Waals surface area contributed by atoms with Gasteiger partial charge in [-0.3, -0.25) is 9.40 Å². The van der Waals surface area contributed by atoms with E-state index >= 15 is 0 Å². The van der Waals surface area contributed by atoms with E-state index in [0.717, 1.165) is 13.0 Å². The topological polar surface area (TPSA) is 88.9 Å². The number of aryl methyl sites for hydroxylation is 1. The molecule has 0 amide bonds. The zero-order chi connectivity index (χ0) is 14.6. The first-order valence-corrected chi connectivity index (χ1v) is 7.72. The number of anilines is 2. The molecule has 0 fully saturated rings. The molecule has 7 nitrogen and oxygen atoms in total. The zero-order valence-electron chi connectivity index (χ0n) is 11.4. The minimum absolute atomic E-state index is 0.112. The zero-order valence-corrected chi connectivity index (χ0v) is 12.2. The fraction of sp³-hybridized carbons (Fsp3) is 0.333. The third-order valence-electron chi connectivity index (χ3n) is 2.66. The Kier molecular flexibility index (Phi) is 4.23. The van der Waals surface area contributed by atoms with Crippen LogP contribution in [0.3, 0.4) is 0 Å². The summed E-state index contributed by atoms with van der Waals surface area (Å²) in [5.41, 5.74) is 0. The molecule has 0 radical (unpaired) electrons. The van der Waals surface area contributed by atoms with Gasteiger partial charge in [0.05, 0.1) is 6.20 Å². The summed E-state index contributed by atoms with van der Waals surface area (Å²) in [6, 6.07) is 4.75. The molecule has 2 aromatic rings. The molecule has 2 aromatic heterocycles. The van der Waals surface area contributed by atoms with Crippen LogP contribution < -0.4 is 10.0 Å². The predicted octanol–water partition coefficient (Wildman–Crippen LogP) is 1.44. The summed E-state index contributed by atoms with van der Waals surface area (Å²) < 4.78 is 28.2. The van der Waals surface area contributed by atoms with E-state index in [4.69, 9.17) is 0 Å². The Hall–Kier alpha value is -2.09. The van der Waals surface area contributed by atoms with Crippen molar-refractivity contribution < 1.29 is 8.42 Å². The molecule has 0 aromatic carbocycles. The van der Waals surface area contributed by atoms with Crippen LogP contribution in [-0.4, -0.2) is 29.7 Å². The summed E-state index contributed by atoms with van der Waals surface area (Å²) in [5, 5.41) is 6.99. The Bertz CT molecular complexity index is 663. The van der Waals surface area contributed by atoms with Gasteiger partial charge in [0, 0.05) is 25.9 Å². The lowest BCUT2D eigenvalue weighted by atomic mass is 10.4. The van der Waals surface area contributed by atoms with Gasteiger partial charge in [0.15, 0.2) is 0 Å². The average molecular weight is 295 g/mol. The monoisotopic (exact) mass is 295 g/mol. The summed E-state index contributed by atoms with van der Waals surface area (Å²) in [5.74, 6) is 1.06. The quantitative estimate of drug-likeness (QED) is 0.841. The van der Waals surface area contributed by atoms with Gasteiger partial charge >= 0.3 is 0 Å². The summed E-state index contributed by atoms with van der Waals surface area (Å²) in [6.45, 7) is 2.84. The number of pyridine rings is 1. The molecule has 0 aliphatic carbocycles. The van der Waals surface area contributed by atoms with Crippen molar-refractivity contribution in [1.82, 2.24) is 14.8 Å². The van der Waals surface area contributed by atoms with Crippen LogP contribution in [0, 0.1) is 0 Å². The van der Waals surface area contributed by atoms with Gasteiger partial charge in [0.2, 0.25) is 0 Å². The van der Waals surface area contributed by atoms with Gasteiger partial charge in [0.1, 0.15) is 16.5 Å². The summed E-state index contributed by atoms with van der Waals surface area (Å²) in [7, 11) is -1.98. The first-order chi connectivity index (χ1) is 9.53. The summed E-state index contributed by atoms with van der Waals surface area (Å²) >= 11 is 0. The van der Waals surface area contributed by atoms with Gasteiger partial charge in [-0.2, -0.15) is 5.10 Å². The van der Waals surface area contributed by atoms with Crippen LogP contribution in [0.1, 0.15) is 13.3 Å². The van der Waals surface area contributed by atoms with Gasteiger partial charge in [-0.1, -0.05) is 6.92 Å². The van der Waals surface area contributed by atoms with Crippen LogP contribution in [0.5, 0.6) is 0 Å². The standard InChI is InChI=1S/C12H17N5O2S/c1-3-7-13-11-5-4-10(9-14-11)20(18,19)16-12-6-8-15-17(12)2/h4-6,8-9,16H,3,7H2,1-2H3,(H,13,14). The fourth-order valence-corrected chi connectivity index (χ4v) is 2.60. The van der Waals surface area contributed by atoms with Crippen molar-refractivity contribution in [2.75, 3.05) is 16.6 Å². The molecular weight excluding hydrogens is 278 g/mol. The molecule has 0 saturated heterocycles. The molecule has 0 saturated carbocycles. The normalized spacial score (nSPS) is 11.3. The summed E-state index contributed by atoms with van der Waals surface area (Å²) in [4.78, 5) is 4.19. The number of rotatable bonds is 6. The average Bonchev–Trinajstić information content (AvgIpc) is 2.82. The molecule has 0 aliphatic rings. The number of sulfonamides is 1. The number of aromatic nitrogens is 3. The Labute approximate surface area is 118 Å². The molecule has 8 heteroatoms. The van der Waals surface area contributed by atoms with E-state index in [2.05, 4.69) is 20.1 Å². The first kappa shape index (κ1) is 14.3. The van der Waals surface area contributed by atoms with Crippen LogP contribution in [0.4, 0.5) is 11.6 Å². The Morgan fingerprint density at radius 3 is 2.65 bits per heavy atom. The van der Waals surface area contributed by atoms with E-state index < -0.39 is 10.0 Å². The lowest BCUT2D eigenvalue weighted by Crippen LogP contribution is -2.15. The minimum Gasteiger partial charge on any atom is -0.370 e. The highest BCUT2D eigenvalue weighted by molar-refractivity contribution is 7.92. The second-order valence-corrected chi connectivity index (χ2v) is 5.93. The third kappa shape index (κ3) is 3.27. The van der Waals surface area contributed by atoms with Crippen molar-refractivity contribution in [3.63, 3.8) is 0 Å². The number of nitrogens with one attached hydrogen (secondary N) is 2. The van der Waals surface area contributed by atoms with Crippen molar-refractivity contribution in [2.24, 2.45) is 7.05 Å². The van der Waals surface area contributed by atoms with Crippen LogP contribution in [0.25, 0.3) is 0 Å². The Morgan fingerprint density at radius 1 is 1.30 bits per heavy atom. The number of hydrogen-bond acceptors (Lipinski definition) is 5. The van der Waals surface area contributed by atoms with E-state index in [9.17, 15) is 8.42 Å². The molecule has 0 atom stereocenters. The minimum atomic E-state index is -3.64. The van der Waals surface area contributed by atoms with Crippen LogP contribution in [-0.2, 0) is 17.1 Å². The molecule has 2 heterocycles. The highest BCUT2D eigenvalue weighted by atomic mass is 32.2. The van der Waals surface area contributed by atoms with Crippen LogP contribution >= 0.6 is 0 Å². The van der Waals surface area contributed by atoms with Crippen molar-refractivity contribution in [3.05, 3.63) is 30.6 Å². The van der Waals surface area contributed by atoms with Gasteiger partial charge in [-0.05, 0) is 18.6 Å². The highest BCUT2D eigenvalue weighted by Crippen LogP contribution is 2.15. The summed E-state index contributed by atoms with van der Waals surface area (Å²) in [6.07, 6.45) is 3.83. The maximum Gasteiger partial charge on any atom is 0.264 e. The molecule has 20 heavy (non-hydrogen) atoms. The lowest BCUT2D eigenvalue weighted by molar-refractivity contribution is 0.600. The number of hydrogen-bond donors (Lipinski definition) is 2. The molecule has 2 N–H and O–H groups in total. The maximum absolute atomic E-state index is 12.2. The highest BCUT2D eigenvalue weighted by Gasteiger charge is 2.16. The molecule has 0 bridgehead atoms. The van der Waals surface area contributed by atoms with Crippen molar-refractivity contribution in [2.45, 2.75) is 18.2 Å². The molecule has 0 aliphatic heterocycles. The van der Waals surface area contributed by atoms with Gasteiger partial charge in [-0.15, -0.1) is 0 Å². The molecule has 108 valence electrons. The molecule has 0 unspecified atom stereocenters. The largest absolute Gasteiger partial charge is 0.370 e. The molecule has 0 spiro atoms. The first-order valence-electron chi connectivity index (χ1n) is 6.23. The number of nitrogens with zero attached hydrogens (tertiary/aromatic N) is 3. The van der Waals surface area contributed by atoms with Gasteiger partial charge in [0.25, 0.3) is 10.0 Å². The second kappa shape index (κ2) is 5.91. The lowest BCUT2D eigenvalue weighted by Gasteiger charge is -2.08. The van der Waals surface area contributed by atoms with Crippen molar-refractivity contribution >= 4 is 21.7 Å². The van der Waals surface area contributed by atoms with E-state index in [-0.39, 0.29) is 4.90 Å².